The first-order valence-corrected chi connectivity index (χ1v) is 10.4. The first-order chi connectivity index (χ1) is 14.0. The molecule has 4 atom stereocenters. The van der Waals surface area contributed by atoms with Gasteiger partial charge in [-0.1, -0.05) is 36.8 Å². The molecule has 2 saturated heterocycles. The molecular weight excluding hydrogens is 372 g/mol. The van der Waals surface area contributed by atoms with Crippen molar-refractivity contribution in [2.24, 2.45) is 5.92 Å². The van der Waals surface area contributed by atoms with Gasteiger partial charge >= 0.3 is 0 Å². The summed E-state index contributed by atoms with van der Waals surface area (Å²) < 4.78 is 0. The highest BCUT2D eigenvalue weighted by atomic mass is 16.3. The third-order valence-electron chi connectivity index (χ3n) is 5.62. The summed E-state index contributed by atoms with van der Waals surface area (Å²) in [6, 6.07) is 8.23. The summed E-state index contributed by atoms with van der Waals surface area (Å²) in [6.45, 7) is 1.63. The SMILES string of the molecule is O=C1NCCC1C[C@H](NC(=O)[C@@H]1CCCCN1)C(O)C(=O)NCc1ccccc1. The van der Waals surface area contributed by atoms with Crippen molar-refractivity contribution in [1.29, 1.82) is 0 Å². The van der Waals surface area contributed by atoms with Gasteiger partial charge in [0.1, 0.15) is 0 Å². The molecule has 1 aromatic carbocycles. The molecule has 1 aromatic rings. The van der Waals surface area contributed by atoms with Crippen LogP contribution in [0, 0.1) is 5.92 Å². The molecule has 2 unspecified atom stereocenters. The lowest BCUT2D eigenvalue weighted by molar-refractivity contribution is -0.134. The number of benzene rings is 1. The number of carbonyl (C=O) groups excluding carboxylic acids is 3. The van der Waals surface area contributed by atoms with Crippen molar-refractivity contribution in [3.05, 3.63) is 35.9 Å². The zero-order valence-electron chi connectivity index (χ0n) is 16.5. The first kappa shape index (κ1) is 21.3. The molecule has 0 saturated carbocycles. The Morgan fingerprint density at radius 1 is 1.14 bits per heavy atom. The van der Waals surface area contributed by atoms with E-state index in [1.165, 1.54) is 0 Å². The van der Waals surface area contributed by atoms with Gasteiger partial charge in [-0.15, -0.1) is 0 Å². The second-order valence-electron chi connectivity index (χ2n) is 7.78. The molecule has 0 aliphatic carbocycles. The van der Waals surface area contributed by atoms with E-state index in [4.69, 9.17) is 0 Å². The van der Waals surface area contributed by atoms with Crippen LogP contribution in [-0.2, 0) is 20.9 Å². The Bertz CT molecular complexity index is 706. The van der Waals surface area contributed by atoms with Gasteiger partial charge < -0.3 is 26.4 Å². The van der Waals surface area contributed by atoms with Crippen LogP contribution in [-0.4, -0.2) is 54.1 Å². The van der Waals surface area contributed by atoms with Crippen LogP contribution < -0.4 is 21.3 Å². The molecule has 3 amide bonds. The van der Waals surface area contributed by atoms with Crippen LogP contribution in [0.15, 0.2) is 30.3 Å². The van der Waals surface area contributed by atoms with E-state index >= 15 is 0 Å². The Morgan fingerprint density at radius 2 is 1.93 bits per heavy atom. The normalized spacial score (nSPS) is 23.7. The largest absolute Gasteiger partial charge is 0.381 e. The second-order valence-corrected chi connectivity index (χ2v) is 7.78. The Labute approximate surface area is 170 Å². The van der Waals surface area contributed by atoms with E-state index in [1.807, 2.05) is 30.3 Å². The predicted molar refractivity (Wildman–Crippen MR) is 108 cm³/mol. The van der Waals surface area contributed by atoms with Gasteiger partial charge in [0.15, 0.2) is 6.10 Å². The fourth-order valence-electron chi connectivity index (χ4n) is 3.87. The molecule has 2 aliphatic heterocycles. The molecule has 29 heavy (non-hydrogen) atoms. The molecular formula is C21H30N4O4. The van der Waals surface area contributed by atoms with E-state index in [1.54, 1.807) is 0 Å². The zero-order valence-corrected chi connectivity index (χ0v) is 16.5. The minimum Gasteiger partial charge on any atom is -0.381 e. The Kier molecular flexibility index (Phi) is 7.60. The predicted octanol–water partition coefficient (Wildman–Crippen LogP) is -0.183. The lowest BCUT2D eigenvalue weighted by Crippen LogP contribution is -2.56. The van der Waals surface area contributed by atoms with Crippen LogP contribution in [0.1, 0.15) is 37.7 Å². The maximum atomic E-state index is 12.7. The summed E-state index contributed by atoms with van der Waals surface area (Å²) in [7, 11) is 0. The summed E-state index contributed by atoms with van der Waals surface area (Å²) >= 11 is 0. The lowest BCUT2D eigenvalue weighted by Gasteiger charge is -2.29. The van der Waals surface area contributed by atoms with Gasteiger partial charge in [0, 0.05) is 19.0 Å². The topological polar surface area (TPSA) is 120 Å². The van der Waals surface area contributed by atoms with Crippen molar-refractivity contribution < 1.29 is 19.5 Å². The average molecular weight is 402 g/mol. The number of rotatable bonds is 8. The van der Waals surface area contributed by atoms with Gasteiger partial charge in [0.05, 0.1) is 12.1 Å². The number of aliphatic hydroxyl groups excluding tert-OH is 1. The first-order valence-electron chi connectivity index (χ1n) is 10.4. The zero-order chi connectivity index (χ0) is 20.6. The van der Waals surface area contributed by atoms with E-state index in [0.29, 0.717) is 13.0 Å². The van der Waals surface area contributed by atoms with Gasteiger partial charge in [-0.05, 0) is 37.8 Å². The number of carbonyl (C=O) groups is 3. The third kappa shape index (κ3) is 6.01. The van der Waals surface area contributed by atoms with Crippen LogP contribution in [0.25, 0.3) is 0 Å². The van der Waals surface area contributed by atoms with Crippen molar-refractivity contribution in [3.63, 3.8) is 0 Å². The molecule has 8 heteroatoms. The van der Waals surface area contributed by atoms with Crippen molar-refractivity contribution in [2.75, 3.05) is 13.1 Å². The monoisotopic (exact) mass is 402 g/mol. The molecule has 2 fully saturated rings. The number of aliphatic hydroxyl groups is 1. The lowest BCUT2D eigenvalue weighted by atomic mass is 9.93. The summed E-state index contributed by atoms with van der Waals surface area (Å²) in [6.07, 6.45) is 2.13. The van der Waals surface area contributed by atoms with Crippen LogP contribution >= 0.6 is 0 Å². The minimum atomic E-state index is -1.43. The molecule has 2 aliphatic rings. The van der Waals surface area contributed by atoms with Crippen molar-refractivity contribution in [1.82, 2.24) is 21.3 Å². The Balaban J connectivity index is 1.62. The molecule has 5 N–H and O–H groups in total. The van der Waals surface area contributed by atoms with E-state index in [-0.39, 0.29) is 36.7 Å². The maximum absolute atomic E-state index is 12.7. The van der Waals surface area contributed by atoms with Gasteiger partial charge in [0.2, 0.25) is 11.8 Å². The molecule has 0 radical (unpaired) electrons. The number of piperidine rings is 1. The van der Waals surface area contributed by atoms with Crippen molar-refractivity contribution in [3.8, 4) is 0 Å². The molecule has 0 aromatic heterocycles. The minimum absolute atomic E-state index is 0.100. The van der Waals surface area contributed by atoms with Crippen LogP contribution in [0.2, 0.25) is 0 Å². The Hall–Kier alpha value is -2.45. The standard InChI is InChI=1S/C21H30N4O4/c26-18(21(29)24-13-14-6-2-1-3-7-14)17(12-15-9-11-23-19(15)27)25-20(28)16-8-4-5-10-22-16/h1-3,6-7,15-18,22,26H,4-5,8-13H2,(H,23,27)(H,24,29)(H,25,28)/t15?,16-,17-,18?/m0/s1. The van der Waals surface area contributed by atoms with E-state index in [0.717, 1.165) is 31.4 Å². The number of nitrogens with one attached hydrogen (secondary N) is 4. The number of hydrogen-bond acceptors (Lipinski definition) is 5. The van der Waals surface area contributed by atoms with E-state index in [2.05, 4.69) is 21.3 Å². The summed E-state index contributed by atoms with van der Waals surface area (Å²) in [4.78, 5) is 37.2. The fourth-order valence-corrected chi connectivity index (χ4v) is 3.87. The van der Waals surface area contributed by atoms with E-state index < -0.39 is 18.1 Å². The smallest absolute Gasteiger partial charge is 0.251 e. The highest BCUT2D eigenvalue weighted by molar-refractivity contribution is 5.86. The van der Waals surface area contributed by atoms with Crippen LogP contribution in [0.5, 0.6) is 0 Å². The van der Waals surface area contributed by atoms with Gasteiger partial charge in [0.25, 0.3) is 5.91 Å². The molecule has 2 heterocycles. The van der Waals surface area contributed by atoms with Gasteiger partial charge in [-0.25, -0.2) is 0 Å². The number of hydrogen-bond donors (Lipinski definition) is 5. The van der Waals surface area contributed by atoms with Gasteiger partial charge in [-0.2, -0.15) is 0 Å². The fraction of sp³-hybridized carbons (Fsp3) is 0.571. The molecule has 0 bridgehead atoms. The highest BCUT2D eigenvalue weighted by Gasteiger charge is 2.35. The van der Waals surface area contributed by atoms with Gasteiger partial charge in [-0.3, -0.25) is 14.4 Å². The van der Waals surface area contributed by atoms with Crippen molar-refractivity contribution in [2.45, 2.75) is 56.8 Å². The molecule has 3 rings (SSSR count). The summed E-state index contributed by atoms with van der Waals surface area (Å²) in [5.74, 6) is -1.22. The average Bonchev–Trinajstić information content (AvgIpc) is 3.16. The molecule has 8 nitrogen and oxygen atoms in total. The van der Waals surface area contributed by atoms with E-state index in [9.17, 15) is 19.5 Å². The Morgan fingerprint density at radius 3 is 2.59 bits per heavy atom. The molecule has 0 spiro atoms. The quantitative estimate of drug-likeness (QED) is 0.413. The van der Waals surface area contributed by atoms with Crippen LogP contribution in [0.4, 0.5) is 0 Å². The second kappa shape index (κ2) is 10.4. The summed E-state index contributed by atoms with van der Waals surface area (Å²) in [5, 5.41) is 22.1. The van der Waals surface area contributed by atoms with Crippen molar-refractivity contribution >= 4 is 17.7 Å². The maximum Gasteiger partial charge on any atom is 0.251 e. The molecule has 158 valence electrons. The highest BCUT2D eigenvalue weighted by Crippen LogP contribution is 2.19. The summed E-state index contributed by atoms with van der Waals surface area (Å²) in [5.41, 5.74) is 0.912. The van der Waals surface area contributed by atoms with Crippen LogP contribution in [0.3, 0.4) is 0 Å². The number of amides is 3. The third-order valence-corrected chi connectivity index (χ3v) is 5.62.